The molecule has 0 radical (unpaired) electrons. The van der Waals surface area contributed by atoms with Gasteiger partial charge < -0.3 is 10.4 Å². The molecule has 0 aliphatic heterocycles. The fourth-order valence-corrected chi connectivity index (χ4v) is 2.81. The number of nitrogens with one attached hydrogen (secondary N) is 1. The van der Waals surface area contributed by atoms with Crippen molar-refractivity contribution in [2.75, 3.05) is 0 Å². The average molecular weight is 278 g/mol. The maximum Gasteiger partial charge on any atom is 0.269 e. The van der Waals surface area contributed by atoms with Gasteiger partial charge in [0, 0.05) is 24.2 Å². The molecule has 1 aliphatic carbocycles. The van der Waals surface area contributed by atoms with Crippen molar-refractivity contribution in [1.29, 1.82) is 0 Å². The lowest BCUT2D eigenvalue weighted by Crippen LogP contribution is -2.40. The van der Waals surface area contributed by atoms with E-state index in [9.17, 15) is 15.2 Å². The number of nitrogens with zero attached hydrogens (tertiary/aromatic N) is 1. The molecule has 2 rings (SSSR count). The van der Waals surface area contributed by atoms with Gasteiger partial charge in [0.2, 0.25) is 0 Å². The Hall–Kier alpha value is -1.46. The summed E-state index contributed by atoms with van der Waals surface area (Å²) in [5.74, 6) is 0. The number of aliphatic hydroxyl groups excluding tert-OH is 1. The van der Waals surface area contributed by atoms with Crippen molar-refractivity contribution < 1.29 is 10.0 Å². The molecule has 5 nitrogen and oxygen atoms in total. The Morgan fingerprint density at radius 3 is 2.85 bits per heavy atom. The number of hydrogen-bond acceptors (Lipinski definition) is 4. The number of nitro benzene ring substituents is 1. The molecule has 3 unspecified atom stereocenters. The summed E-state index contributed by atoms with van der Waals surface area (Å²) in [5, 5.41) is 24.3. The van der Waals surface area contributed by atoms with E-state index in [0.29, 0.717) is 0 Å². The number of aliphatic hydroxyl groups is 1. The molecule has 0 saturated heterocycles. The van der Waals surface area contributed by atoms with Crippen LogP contribution in [0.2, 0.25) is 0 Å². The molecule has 0 spiro atoms. The van der Waals surface area contributed by atoms with Crippen LogP contribution in [0.25, 0.3) is 0 Å². The average Bonchev–Trinajstić information content (AvgIpc) is 2.64. The van der Waals surface area contributed by atoms with Crippen molar-refractivity contribution >= 4 is 5.69 Å². The highest BCUT2D eigenvalue weighted by atomic mass is 16.6. The van der Waals surface area contributed by atoms with E-state index in [2.05, 4.69) is 5.32 Å². The van der Waals surface area contributed by atoms with Crippen LogP contribution >= 0.6 is 0 Å². The molecule has 20 heavy (non-hydrogen) atoms. The summed E-state index contributed by atoms with van der Waals surface area (Å²) in [7, 11) is 0. The summed E-state index contributed by atoms with van der Waals surface area (Å²) >= 11 is 0. The van der Waals surface area contributed by atoms with E-state index < -0.39 is 0 Å². The number of rotatable bonds is 4. The Bertz CT molecular complexity index is 464. The first kappa shape index (κ1) is 14.9. The Labute approximate surface area is 119 Å². The van der Waals surface area contributed by atoms with Crippen LogP contribution in [-0.4, -0.2) is 22.2 Å². The Morgan fingerprint density at radius 1 is 1.35 bits per heavy atom. The monoisotopic (exact) mass is 278 g/mol. The molecule has 1 aromatic rings. The Balaban J connectivity index is 2.05. The van der Waals surface area contributed by atoms with E-state index in [-0.39, 0.29) is 28.8 Å². The molecular weight excluding hydrogens is 256 g/mol. The summed E-state index contributed by atoms with van der Waals surface area (Å²) in [5.41, 5.74) is 0.994. The van der Waals surface area contributed by atoms with Crippen molar-refractivity contribution in [2.45, 2.75) is 57.2 Å². The third-order valence-corrected chi connectivity index (χ3v) is 4.02. The van der Waals surface area contributed by atoms with Crippen molar-refractivity contribution in [3.05, 3.63) is 39.9 Å². The molecule has 0 aromatic heterocycles. The van der Waals surface area contributed by atoms with Gasteiger partial charge in [-0.15, -0.1) is 0 Å². The zero-order chi connectivity index (χ0) is 14.5. The van der Waals surface area contributed by atoms with Crippen LogP contribution in [0.5, 0.6) is 0 Å². The number of nitro groups is 1. The van der Waals surface area contributed by atoms with Gasteiger partial charge in [-0.3, -0.25) is 10.1 Å². The van der Waals surface area contributed by atoms with Crippen molar-refractivity contribution in [3.8, 4) is 0 Å². The zero-order valence-electron chi connectivity index (χ0n) is 11.8. The highest BCUT2D eigenvalue weighted by Gasteiger charge is 2.23. The van der Waals surface area contributed by atoms with Gasteiger partial charge in [-0.25, -0.2) is 0 Å². The van der Waals surface area contributed by atoms with Crippen LogP contribution in [0.4, 0.5) is 5.69 Å². The third kappa shape index (κ3) is 3.77. The first-order valence-corrected chi connectivity index (χ1v) is 7.26. The fourth-order valence-electron chi connectivity index (χ4n) is 2.81. The molecule has 1 aromatic carbocycles. The molecule has 0 bridgehead atoms. The molecule has 110 valence electrons. The van der Waals surface area contributed by atoms with E-state index in [4.69, 9.17) is 0 Å². The van der Waals surface area contributed by atoms with E-state index in [1.807, 2.05) is 13.0 Å². The number of hydrogen-bond donors (Lipinski definition) is 2. The first-order valence-electron chi connectivity index (χ1n) is 7.26. The maximum absolute atomic E-state index is 10.8. The number of benzene rings is 1. The first-order chi connectivity index (χ1) is 9.58. The van der Waals surface area contributed by atoms with Gasteiger partial charge in [-0.2, -0.15) is 0 Å². The van der Waals surface area contributed by atoms with Crippen molar-refractivity contribution in [2.24, 2.45) is 0 Å². The van der Waals surface area contributed by atoms with Crippen LogP contribution in [0.1, 0.15) is 50.6 Å². The highest BCUT2D eigenvalue weighted by molar-refractivity contribution is 5.35. The molecule has 1 fully saturated rings. The van der Waals surface area contributed by atoms with E-state index in [0.717, 1.165) is 31.2 Å². The van der Waals surface area contributed by atoms with Crippen LogP contribution in [0, 0.1) is 10.1 Å². The lowest BCUT2D eigenvalue weighted by Gasteiger charge is -2.26. The fraction of sp³-hybridized carbons (Fsp3) is 0.600. The lowest BCUT2D eigenvalue weighted by atomic mass is 10.0. The van der Waals surface area contributed by atoms with Crippen LogP contribution in [0.15, 0.2) is 24.3 Å². The normalized spacial score (nSPS) is 24.9. The van der Waals surface area contributed by atoms with Gasteiger partial charge in [0.05, 0.1) is 11.0 Å². The SMILES string of the molecule is CC(NC1CCCCCC1O)c1cccc([N+](=O)[O-])c1. The van der Waals surface area contributed by atoms with E-state index in [1.54, 1.807) is 12.1 Å². The second-order valence-electron chi connectivity index (χ2n) is 5.55. The molecular formula is C15H22N2O3. The van der Waals surface area contributed by atoms with Crippen molar-refractivity contribution in [3.63, 3.8) is 0 Å². The maximum atomic E-state index is 10.8. The smallest absolute Gasteiger partial charge is 0.269 e. The minimum Gasteiger partial charge on any atom is -0.392 e. The molecule has 1 aliphatic rings. The van der Waals surface area contributed by atoms with Gasteiger partial charge in [-0.05, 0) is 25.3 Å². The van der Waals surface area contributed by atoms with Gasteiger partial charge >= 0.3 is 0 Å². The lowest BCUT2D eigenvalue weighted by molar-refractivity contribution is -0.384. The van der Waals surface area contributed by atoms with Crippen molar-refractivity contribution in [1.82, 2.24) is 5.32 Å². The minimum atomic E-state index is -0.378. The Morgan fingerprint density at radius 2 is 2.10 bits per heavy atom. The Kier molecular flexibility index (Phi) is 5.09. The molecule has 5 heteroatoms. The third-order valence-electron chi connectivity index (χ3n) is 4.02. The van der Waals surface area contributed by atoms with Gasteiger partial charge in [0.25, 0.3) is 5.69 Å². The van der Waals surface area contributed by atoms with Gasteiger partial charge in [0.15, 0.2) is 0 Å². The summed E-state index contributed by atoms with van der Waals surface area (Å²) < 4.78 is 0. The van der Waals surface area contributed by atoms with Crippen LogP contribution < -0.4 is 5.32 Å². The molecule has 1 saturated carbocycles. The van der Waals surface area contributed by atoms with E-state index in [1.165, 1.54) is 12.5 Å². The summed E-state index contributed by atoms with van der Waals surface area (Å²) in [6.45, 7) is 1.98. The minimum absolute atomic E-state index is 0.00681. The quantitative estimate of drug-likeness (QED) is 0.504. The van der Waals surface area contributed by atoms with Crippen LogP contribution in [0.3, 0.4) is 0 Å². The second kappa shape index (κ2) is 6.81. The predicted molar refractivity (Wildman–Crippen MR) is 77.5 cm³/mol. The summed E-state index contributed by atoms with van der Waals surface area (Å²) in [6, 6.07) is 6.75. The summed E-state index contributed by atoms with van der Waals surface area (Å²) in [4.78, 5) is 10.4. The molecule has 0 heterocycles. The van der Waals surface area contributed by atoms with Crippen LogP contribution in [-0.2, 0) is 0 Å². The standard InChI is InChI=1S/C15H22N2O3/c1-11(12-6-5-7-13(10-12)17(19)20)16-14-8-3-2-4-9-15(14)18/h5-7,10-11,14-16,18H,2-4,8-9H2,1H3. The topological polar surface area (TPSA) is 75.4 Å². The summed E-state index contributed by atoms with van der Waals surface area (Å²) in [6.07, 6.45) is 4.83. The zero-order valence-corrected chi connectivity index (χ0v) is 11.8. The molecule has 3 atom stereocenters. The highest BCUT2D eigenvalue weighted by Crippen LogP contribution is 2.23. The predicted octanol–water partition coefficient (Wildman–Crippen LogP) is 2.94. The van der Waals surface area contributed by atoms with Gasteiger partial charge in [0.1, 0.15) is 0 Å². The second-order valence-corrected chi connectivity index (χ2v) is 5.55. The van der Waals surface area contributed by atoms with Gasteiger partial charge in [-0.1, -0.05) is 31.4 Å². The molecule has 2 N–H and O–H groups in total. The van der Waals surface area contributed by atoms with E-state index >= 15 is 0 Å². The number of non-ortho nitro benzene ring substituents is 1. The largest absolute Gasteiger partial charge is 0.392 e. The molecule has 0 amide bonds.